The second kappa shape index (κ2) is 6.48. The molecule has 0 unspecified atom stereocenters. The van der Waals surface area contributed by atoms with Gasteiger partial charge in [-0.3, -0.25) is 4.79 Å². The number of rotatable bonds is 5. The first-order valence-corrected chi connectivity index (χ1v) is 6.21. The topological polar surface area (TPSA) is 44.1 Å². The highest BCUT2D eigenvalue weighted by atomic mass is 19.1. The van der Waals surface area contributed by atoms with Gasteiger partial charge in [-0.25, -0.2) is 4.39 Å². The summed E-state index contributed by atoms with van der Waals surface area (Å²) in [6.07, 6.45) is 0.788. The Morgan fingerprint density at radius 1 is 1.15 bits per heavy atom. The average Bonchev–Trinajstić information content (AvgIpc) is 2.49. The van der Waals surface area contributed by atoms with Crippen molar-refractivity contribution in [2.45, 2.75) is 6.42 Å². The van der Waals surface area contributed by atoms with Crippen LogP contribution >= 0.6 is 0 Å². The largest absolute Gasteiger partial charge is 0.340 e. The zero-order valence-electron chi connectivity index (χ0n) is 10.8. The van der Waals surface area contributed by atoms with Gasteiger partial charge in [-0.05, 0) is 24.3 Å². The number of para-hydroxylation sites is 1. The highest BCUT2D eigenvalue weighted by Gasteiger charge is 2.15. The molecule has 2 aromatic carbocycles. The third kappa shape index (κ3) is 2.83. The minimum Gasteiger partial charge on any atom is -0.340 e. The van der Waals surface area contributed by atoms with E-state index in [-0.39, 0.29) is 12.0 Å². The van der Waals surface area contributed by atoms with Gasteiger partial charge in [0.05, 0.1) is 23.7 Å². The number of benzene rings is 2. The van der Waals surface area contributed by atoms with Crippen LogP contribution in [0.15, 0.2) is 48.5 Å². The van der Waals surface area contributed by atoms with Crippen LogP contribution in [0.5, 0.6) is 0 Å². The van der Waals surface area contributed by atoms with Gasteiger partial charge in [-0.1, -0.05) is 24.3 Å². The highest BCUT2D eigenvalue weighted by Crippen LogP contribution is 2.29. The normalized spacial score (nSPS) is 9.80. The van der Waals surface area contributed by atoms with Crippen molar-refractivity contribution in [3.63, 3.8) is 0 Å². The van der Waals surface area contributed by atoms with Gasteiger partial charge in [0, 0.05) is 12.2 Å². The number of anilines is 2. The smallest absolute Gasteiger partial charge is 0.155 e. The summed E-state index contributed by atoms with van der Waals surface area (Å²) in [5, 5.41) is 8.77. The van der Waals surface area contributed by atoms with E-state index in [4.69, 9.17) is 5.26 Å². The van der Waals surface area contributed by atoms with Gasteiger partial charge >= 0.3 is 0 Å². The summed E-state index contributed by atoms with van der Waals surface area (Å²) in [5.41, 5.74) is 1.30. The van der Waals surface area contributed by atoms with Crippen LogP contribution in [0.1, 0.15) is 16.8 Å². The number of aldehydes is 1. The fraction of sp³-hybridized carbons (Fsp3) is 0.125. The molecule has 0 radical (unpaired) electrons. The number of nitriles is 1. The second-order valence-corrected chi connectivity index (χ2v) is 4.19. The maximum atomic E-state index is 13.7. The van der Waals surface area contributed by atoms with E-state index in [0.29, 0.717) is 18.5 Å². The number of nitrogens with zero attached hydrogens (tertiary/aromatic N) is 2. The molecule has 3 nitrogen and oxygen atoms in total. The number of halogens is 1. The SMILES string of the molecule is N#CCCN(c1ccccc1)c1cccc(F)c1C=O. The molecule has 2 aromatic rings. The molecule has 0 fully saturated rings. The van der Waals surface area contributed by atoms with E-state index in [0.717, 1.165) is 5.69 Å². The van der Waals surface area contributed by atoms with Gasteiger partial charge < -0.3 is 4.90 Å². The lowest BCUT2D eigenvalue weighted by Gasteiger charge is -2.25. The molecule has 0 bridgehead atoms. The van der Waals surface area contributed by atoms with Gasteiger partial charge in [0.15, 0.2) is 6.29 Å². The van der Waals surface area contributed by atoms with Gasteiger partial charge in [-0.2, -0.15) is 5.26 Å². The van der Waals surface area contributed by atoms with Crippen molar-refractivity contribution in [3.05, 3.63) is 59.9 Å². The Kier molecular flexibility index (Phi) is 4.46. The molecule has 0 N–H and O–H groups in total. The van der Waals surface area contributed by atoms with Crippen molar-refractivity contribution in [1.82, 2.24) is 0 Å². The van der Waals surface area contributed by atoms with Crippen LogP contribution in [-0.4, -0.2) is 12.8 Å². The Morgan fingerprint density at radius 2 is 1.90 bits per heavy atom. The van der Waals surface area contributed by atoms with Crippen molar-refractivity contribution >= 4 is 17.7 Å². The monoisotopic (exact) mass is 268 g/mol. The first kappa shape index (κ1) is 13.8. The molecule has 2 rings (SSSR count). The summed E-state index contributed by atoms with van der Waals surface area (Å²) in [5.74, 6) is -0.560. The predicted molar refractivity (Wildman–Crippen MR) is 75.5 cm³/mol. The van der Waals surface area contributed by atoms with E-state index >= 15 is 0 Å². The van der Waals surface area contributed by atoms with E-state index in [2.05, 4.69) is 6.07 Å². The van der Waals surface area contributed by atoms with Gasteiger partial charge in [-0.15, -0.1) is 0 Å². The molecule has 0 spiro atoms. The van der Waals surface area contributed by atoms with Crippen LogP contribution in [0.25, 0.3) is 0 Å². The number of carbonyl (C=O) groups is 1. The first-order valence-electron chi connectivity index (χ1n) is 6.21. The van der Waals surface area contributed by atoms with E-state index in [1.807, 2.05) is 30.3 Å². The first-order chi connectivity index (χ1) is 9.77. The molecule has 0 saturated carbocycles. The Bertz CT molecular complexity index is 635. The molecule has 4 heteroatoms. The molecule has 0 saturated heterocycles. The van der Waals surface area contributed by atoms with Gasteiger partial charge in [0.25, 0.3) is 0 Å². The summed E-state index contributed by atoms with van der Waals surface area (Å²) in [6.45, 7) is 0.394. The number of hydrogen-bond donors (Lipinski definition) is 0. The van der Waals surface area contributed by atoms with Crippen molar-refractivity contribution in [2.24, 2.45) is 0 Å². The highest BCUT2D eigenvalue weighted by molar-refractivity contribution is 5.87. The summed E-state index contributed by atoms with van der Waals surface area (Å²) in [4.78, 5) is 12.9. The summed E-state index contributed by atoms with van der Waals surface area (Å²) in [6, 6.07) is 15.9. The van der Waals surface area contributed by atoms with E-state index < -0.39 is 5.82 Å². The molecular weight excluding hydrogens is 255 g/mol. The lowest BCUT2D eigenvalue weighted by Crippen LogP contribution is -2.20. The molecule has 0 heterocycles. The minimum atomic E-state index is -0.560. The fourth-order valence-corrected chi connectivity index (χ4v) is 2.04. The Hall–Kier alpha value is -2.67. The molecular formula is C16H13FN2O. The Morgan fingerprint density at radius 3 is 2.55 bits per heavy atom. The van der Waals surface area contributed by atoms with Crippen molar-refractivity contribution < 1.29 is 9.18 Å². The average molecular weight is 268 g/mol. The molecule has 0 aliphatic rings. The van der Waals surface area contributed by atoms with Crippen LogP contribution in [0, 0.1) is 17.1 Å². The van der Waals surface area contributed by atoms with Crippen LogP contribution < -0.4 is 4.90 Å². The maximum Gasteiger partial charge on any atom is 0.155 e. The molecule has 0 atom stereocenters. The van der Waals surface area contributed by atoms with E-state index in [9.17, 15) is 9.18 Å². The van der Waals surface area contributed by atoms with Gasteiger partial charge in [0.2, 0.25) is 0 Å². The fourth-order valence-electron chi connectivity index (χ4n) is 2.04. The molecule has 0 aromatic heterocycles. The quantitative estimate of drug-likeness (QED) is 0.777. The zero-order chi connectivity index (χ0) is 14.4. The van der Waals surface area contributed by atoms with Crippen LogP contribution in [-0.2, 0) is 0 Å². The lowest BCUT2D eigenvalue weighted by molar-refractivity contribution is 0.112. The summed E-state index contributed by atoms with van der Waals surface area (Å²) in [7, 11) is 0. The zero-order valence-corrected chi connectivity index (χ0v) is 10.8. The van der Waals surface area contributed by atoms with Crippen molar-refractivity contribution in [3.8, 4) is 6.07 Å². The van der Waals surface area contributed by atoms with E-state index in [1.165, 1.54) is 6.07 Å². The second-order valence-electron chi connectivity index (χ2n) is 4.19. The molecule has 100 valence electrons. The number of hydrogen-bond acceptors (Lipinski definition) is 3. The predicted octanol–water partition coefficient (Wildman–Crippen LogP) is 3.69. The van der Waals surface area contributed by atoms with Crippen LogP contribution in [0.4, 0.5) is 15.8 Å². The standard InChI is InChI=1S/C16H13FN2O/c17-15-8-4-9-16(14(15)12-20)19(11-5-10-18)13-6-2-1-3-7-13/h1-4,6-9,12H,5,11H2. The van der Waals surface area contributed by atoms with Crippen molar-refractivity contribution in [2.75, 3.05) is 11.4 Å². The third-order valence-corrected chi connectivity index (χ3v) is 2.95. The number of carbonyl (C=O) groups excluding carboxylic acids is 1. The summed E-state index contributed by atoms with van der Waals surface area (Å²) >= 11 is 0. The lowest BCUT2D eigenvalue weighted by atomic mass is 10.1. The van der Waals surface area contributed by atoms with E-state index in [1.54, 1.807) is 17.0 Å². The Balaban J connectivity index is 2.50. The van der Waals surface area contributed by atoms with Crippen LogP contribution in [0.2, 0.25) is 0 Å². The van der Waals surface area contributed by atoms with Crippen molar-refractivity contribution in [1.29, 1.82) is 5.26 Å². The summed E-state index contributed by atoms with van der Waals surface area (Å²) < 4.78 is 13.7. The molecule has 0 aliphatic heterocycles. The Labute approximate surface area is 116 Å². The maximum absolute atomic E-state index is 13.7. The molecule has 20 heavy (non-hydrogen) atoms. The minimum absolute atomic E-state index is 0.00860. The molecule has 0 amide bonds. The van der Waals surface area contributed by atoms with Crippen LogP contribution in [0.3, 0.4) is 0 Å². The third-order valence-electron chi connectivity index (χ3n) is 2.95. The van der Waals surface area contributed by atoms with Gasteiger partial charge in [0.1, 0.15) is 5.82 Å². The molecule has 0 aliphatic carbocycles.